The van der Waals surface area contributed by atoms with Crippen LogP contribution in [0.1, 0.15) is 10.6 Å². The van der Waals surface area contributed by atoms with Crippen LogP contribution in [0.3, 0.4) is 0 Å². The highest BCUT2D eigenvalue weighted by Gasteiger charge is 2.18. The molecule has 0 radical (unpaired) electrons. The molecule has 0 unspecified atom stereocenters. The fraction of sp³-hybridized carbons (Fsp3) is 0.600. The molecule has 0 aromatic carbocycles. The van der Waals surface area contributed by atoms with Crippen molar-refractivity contribution in [3.05, 3.63) is 10.6 Å². The van der Waals surface area contributed by atoms with Crippen LogP contribution in [0, 0.1) is 11.3 Å². The Balaban J connectivity index is 2.18. The molecule has 1 saturated heterocycles. The zero-order chi connectivity index (χ0) is 11.4. The van der Waals surface area contributed by atoms with Crippen molar-refractivity contribution in [2.75, 3.05) is 38.3 Å². The summed E-state index contributed by atoms with van der Waals surface area (Å²) in [7, 11) is 1.61. The normalized spacial score (nSPS) is 16.1. The standard InChI is InChI=1S/C10H13N3O2S/c1-14-7-8-9(6-11)16-10(12-8)13-2-4-15-5-3-13/h2-5,7H2,1H3. The van der Waals surface area contributed by atoms with E-state index in [1.54, 1.807) is 7.11 Å². The summed E-state index contributed by atoms with van der Waals surface area (Å²) < 4.78 is 10.3. The van der Waals surface area contributed by atoms with E-state index in [2.05, 4.69) is 16.0 Å². The van der Waals surface area contributed by atoms with Crippen molar-refractivity contribution < 1.29 is 9.47 Å². The number of rotatable bonds is 3. The molecule has 0 saturated carbocycles. The predicted octanol–water partition coefficient (Wildman–Crippen LogP) is 0.998. The lowest BCUT2D eigenvalue weighted by atomic mass is 10.4. The minimum absolute atomic E-state index is 0.393. The zero-order valence-electron chi connectivity index (χ0n) is 9.10. The van der Waals surface area contributed by atoms with Gasteiger partial charge in [0.2, 0.25) is 0 Å². The molecule has 86 valence electrons. The van der Waals surface area contributed by atoms with E-state index in [-0.39, 0.29) is 0 Å². The Morgan fingerprint density at radius 3 is 2.94 bits per heavy atom. The predicted molar refractivity (Wildman–Crippen MR) is 60.6 cm³/mol. The molecule has 2 heterocycles. The lowest BCUT2D eigenvalue weighted by molar-refractivity contribution is 0.122. The molecular weight excluding hydrogens is 226 g/mol. The maximum absolute atomic E-state index is 8.98. The van der Waals surface area contributed by atoms with E-state index >= 15 is 0 Å². The molecule has 0 atom stereocenters. The minimum Gasteiger partial charge on any atom is -0.378 e. The number of nitriles is 1. The summed E-state index contributed by atoms with van der Waals surface area (Å²) in [6.07, 6.45) is 0. The highest BCUT2D eigenvalue weighted by atomic mass is 32.1. The molecule has 0 amide bonds. The number of hydrogen-bond acceptors (Lipinski definition) is 6. The molecule has 1 aliphatic heterocycles. The molecule has 16 heavy (non-hydrogen) atoms. The first-order chi connectivity index (χ1) is 7.85. The summed E-state index contributed by atoms with van der Waals surface area (Å²) in [5.74, 6) is 0. The summed E-state index contributed by atoms with van der Waals surface area (Å²) in [6.45, 7) is 3.52. The van der Waals surface area contributed by atoms with Crippen molar-refractivity contribution >= 4 is 16.5 Å². The number of anilines is 1. The average Bonchev–Trinajstić information content (AvgIpc) is 2.74. The molecule has 6 heteroatoms. The molecule has 1 aromatic heterocycles. The number of methoxy groups -OCH3 is 1. The maximum atomic E-state index is 8.98. The van der Waals surface area contributed by atoms with Crippen LogP contribution in [0.4, 0.5) is 5.13 Å². The third-order valence-corrected chi connectivity index (χ3v) is 3.41. The maximum Gasteiger partial charge on any atom is 0.187 e. The zero-order valence-corrected chi connectivity index (χ0v) is 9.92. The van der Waals surface area contributed by atoms with Crippen LogP contribution in [-0.4, -0.2) is 38.4 Å². The van der Waals surface area contributed by atoms with Gasteiger partial charge in [-0.25, -0.2) is 4.98 Å². The monoisotopic (exact) mass is 239 g/mol. The van der Waals surface area contributed by atoms with Crippen LogP contribution in [0.5, 0.6) is 0 Å². The largest absolute Gasteiger partial charge is 0.378 e. The minimum atomic E-state index is 0.393. The summed E-state index contributed by atoms with van der Waals surface area (Å²) in [6, 6.07) is 2.16. The molecule has 0 N–H and O–H groups in total. The third kappa shape index (κ3) is 2.32. The Labute approximate surface area is 98.2 Å². The number of nitrogens with zero attached hydrogens (tertiary/aromatic N) is 3. The molecule has 1 aliphatic rings. The Bertz CT molecular complexity index is 393. The van der Waals surface area contributed by atoms with Crippen LogP contribution in [0.15, 0.2) is 0 Å². The van der Waals surface area contributed by atoms with E-state index < -0.39 is 0 Å². The smallest absolute Gasteiger partial charge is 0.187 e. The first-order valence-corrected chi connectivity index (χ1v) is 5.88. The first kappa shape index (κ1) is 11.3. The summed E-state index contributed by atoms with van der Waals surface area (Å²) in [4.78, 5) is 7.22. The van der Waals surface area contributed by atoms with Crippen LogP contribution < -0.4 is 4.90 Å². The first-order valence-electron chi connectivity index (χ1n) is 5.06. The highest BCUT2D eigenvalue weighted by Crippen LogP contribution is 2.26. The molecule has 5 nitrogen and oxygen atoms in total. The van der Waals surface area contributed by atoms with Crippen molar-refractivity contribution in [1.82, 2.24) is 4.98 Å². The van der Waals surface area contributed by atoms with E-state index in [0.29, 0.717) is 11.5 Å². The average molecular weight is 239 g/mol. The van der Waals surface area contributed by atoms with Gasteiger partial charge >= 0.3 is 0 Å². The van der Waals surface area contributed by atoms with Gasteiger partial charge in [-0.2, -0.15) is 5.26 Å². The van der Waals surface area contributed by atoms with Crippen molar-refractivity contribution in [2.24, 2.45) is 0 Å². The lowest BCUT2D eigenvalue weighted by Gasteiger charge is -2.25. The van der Waals surface area contributed by atoms with E-state index in [9.17, 15) is 0 Å². The van der Waals surface area contributed by atoms with Crippen molar-refractivity contribution in [3.8, 4) is 6.07 Å². The summed E-state index contributed by atoms with van der Waals surface area (Å²) in [5.41, 5.74) is 0.733. The SMILES string of the molecule is COCc1nc(N2CCOCC2)sc1C#N. The summed E-state index contributed by atoms with van der Waals surface area (Å²) >= 11 is 1.42. The number of morpholine rings is 1. The van der Waals surface area contributed by atoms with Crippen LogP contribution in [0.2, 0.25) is 0 Å². The second-order valence-corrected chi connectivity index (χ2v) is 4.39. The van der Waals surface area contributed by atoms with E-state index in [1.807, 2.05) is 0 Å². The fourth-order valence-electron chi connectivity index (χ4n) is 1.55. The van der Waals surface area contributed by atoms with Gasteiger partial charge < -0.3 is 14.4 Å². The topological polar surface area (TPSA) is 58.4 Å². The van der Waals surface area contributed by atoms with Gasteiger partial charge in [-0.1, -0.05) is 11.3 Å². The Morgan fingerprint density at radius 2 is 2.31 bits per heavy atom. The van der Waals surface area contributed by atoms with Gasteiger partial charge in [0.15, 0.2) is 5.13 Å². The Kier molecular flexibility index (Phi) is 3.72. The molecule has 1 fully saturated rings. The van der Waals surface area contributed by atoms with E-state index in [4.69, 9.17) is 14.7 Å². The molecule has 0 aliphatic carbocycles. The van der Waals surface area contributed by atoms with Gasteiger partial charge in [0.25, 0.3) is 0 Å². The van der Waals surface area contributed by atoms with Gasteiger partial charge in [-0.3, -0.25) is 0 Å². The fourth-order valence-corrected chi connectivity index (χ4v) is 2.47. The van der Waals surface area contributed by atoms with Crippen LogP contribution in [0.25, 0.3) is 0 Å². The molecule has 0 bridgehead atoms. The third-order valence-electron chi connectivity index (χ3n) is 2.35. The molecular formula is C10H13N3O2S. The van der Waals surface area contributed by atoms with Crippen LogP contribution in [-0.2, 0) is 16.1 Å². The second kappa shape index (κ2) is 5.25. The number of thiazole rings is 1. The van der Waals surface area contributed by atoms with Crippen molar-refractivity contribution in [3.63, 3.8) is 0 Å². The number of aromatic nitrogens is 1. The van der Waals surface area contributed by atoms with Crippen LogP contribution >= 0.6 is 11.3 Å². The molecule has 0 spiro atoms. The number of ether oxygens (including phenoxy) is 2. The van der Waals surface area contributed by atoms with Gasteiger partial charge in [0, 0.05) is 20.2 Å². The molecule has 2 rings (SSSR count). The summed E-state index contributed by atoms with van der Waals surface area (Å²) in [5, 5.41) is 9.87. The van der Waals surface area contributed by atoms with E-state index in [1.165, 1.54) is 11.3 Å². The van der Waals surface area contributed by atoms with Crippen molar-refractivity contribution in [2.45, 2.75) is 6.61 Å². The van der Waals surface area contributed by atoms with Gasteiger partial charge in [-0.05, 0) is 0 Å². The Hall–Kier alpha value is -1.16. The van der Waals surface area contributed by atoms with Gasteiger partial charge in [0.05, 0.1) is 25.5 Å². The Morgan fingerprint density at radius 1 is 1.56 bits per heavy atom. The van der Waals surface area contributed by atoms with Gasteiger partial charge in [-0.15, -0.1) is 0 Å². The molecule has 1 aromatic rings. The van der Waals surface area contributed by atoms with Crippen molar-refractivity contribution in [1.29, 1.82) is 5.26 Å². The highest BCUT2D eigenvalue weighted by molar-refractivity contribution is 7.16. The van der Waals surface area contributed by atoms with Gasteiger partial charge in [0.1, 0.15) is 10.9 Å². The number of hydrogen-bond donors (Lipinski definition) is 0. The lowest BCUT2D eigenvalue weighted by Crippen LogP contribution is -2.36. The second-order valence-electron chi connectivity index (χ2n) is 3.42. The quantitative estimate of drug-likeness (QED) is 0.787. The van der Waals surface area contributed by atoms with E-state index in [0.717, 1.165) is 37.1 Å².